The normalized spacial score (nSPS) is 24.2. The molecule has 3 unspecified atom stereocenters. The molecule has 1 aliphatic carbocycles. The van der Waals surface area contributed by atoms with Crippen molar-refractivity contribution in [2.45, 2.75) is 51.2 Å². The zero-order valence-electron chi connectivity index (χ0n) is 12.6. The second-order valence-electron chi connectivity index (χ2n) is 5.44. The Balaban J connectivity index is 2.04. The molecule has 0 aromatic carbocycles. The molecule has 0 saturated heterocycles. The molecule has 0 amide bonds. The van der Waals surface area contributed by atoms with Gasteiger partial charge in [-0.3, -0.25) is 0 Å². The number of hydrogen-bond acceptors (Lipinski definition) is 4. The number of hydrogen-bond donors (Lipinski definition) is 2. The second kappa shape index (κ2) is 11.4. The lowest BCUT2D eigenvalue weighted by Crippen LogP contribution is -2.35. The van der Waals surface area contributed by atoms with Gasteiger partial charge in [0.2, 0.25) is 0 Å². The summed E-state index contributed by atoms with van der Waals surface area (Å²) in [5, 5.41) is 13.2. The minimum atomic E-state index is -0.410. The molecule has 0 bridgehead atoms. The van der Waals surface area contributed by atoms with Crippen molar-refractivity contribution in [1.82, 2.24) is 5.32 Å². The fourth-order valence-electron chi connectivity index (χ4n) is 2.70. The average Bonchev–Trinajstić information content (AvgIpc) is 2.49. The molecule has 4 heteroatoms. The molecule has 116 valence electrons. The van der Waals surface area contributed by atoms with Crippen LogP contribution in [-0.4, -0.2) is 48.5 Å². The molecule has 0 aromatic rings. The van der Waals surface area contributed by atoms with Crippen molar-refractivity contribution in [3.63, 3.8) is 0 Å². The zero-order valence-corrected chi connectivity index (χ0v) is 13.5. The fourth-order valence-corrected chi connectivity index (χ4v) is 3.25. The predicted octanol–water partition coefficient (Wildman–Crippen LogP) is 2.29. The quantitative estimate of drug-likeness (QED) is 0.480. The zero-order chi connectivity index (χ0) is 14.6. The van der Waals surface area contributed by atoms with E-state index < -0.39 is 6.10 Å². The Morgan fingerprint density at radius 1 is 1.45 bits per heavy atom. The first-order valence-corrected chi connectivity index (χ1v) is 8.95. The van der Waals surface area contributed by atoms with Gasteiger partial charge in [0, 0.05) is 18.8 Å². The molecule has 3 nitrogen and oxygen atoms in total. The summed E-state index contributed by atoms with van der Waals surface area (Å²) in [5.41, 5.74) is 0. The minimum absolute atomic E-state index is 0.356. The van der Waals surface area contributed by atoms with Crippen LogP contribution in [0.1, 0.15) is 39.0 Å². The van der Waals surface area contributed by atoms with Gasteiger partial charge < -0.3 is 15.2 Å². The van der Waals surface area contributed by atoms with E-state index in [0.29, 0.717) is 25.2 Å². The summed E-state index contributed by atoms with van der Waals surface area (Å²) in [5.74, 6) is 5.03. The summed E-state index contributed by atoms with van der Waals surface area (Å²) in [6.07, 6.45) is 11.3. The van der Waals surface area contributed by atoms with E-state index in [4.69, 9.17) is 11.2 Å². The Morgan fingerprint density at radius 2 is 2.25 bits per heavy atom. The van der Waals surface area contributed by atoms with Crippen molar-refractivity contribution in [2.75, 3.05) is 31.2 Å². The van der Waals surface area contributed by atoms with Gasteiger partial charge in [-0.15, -0.1) is 18.2 Å². The van der Waals surface area contributed by atoms with E-state index in [1.807, 2.05) is 0 Å². The molecule has 1 saturated carbocycles. The first kappa shape index (κ1) is 17.8. The molecule has 0 aliphatic heterocycles. The average molecular weight is 299 g/mol. The van der Waals surface area contributed by atoms with Crippen LogP contribution in [-0.2, 0) is 4.74 Å². The SMILES string of the molecule is C#CCSCCNCC(O)COC1CCCCC1CC. The Kier molecular flexibility index (Phi) is 10.2. The molecule has 0 spiro atoms. The number of terminal acetylenes is 1. The standard InChI is InChI=1S/C16H29NO2S/c1-3-10-20-11-9-17-12-15(18)13-19-16-8-6-5-7-14(16)4-2/h1,14-18H,4-13H2,2H3. The molecule has 0 heterocycles. The highest BCUT2D eigenvalue weighted by atomic mass is 32.2. The maximum absolute atomic E-state index is 9.91. The number of aliphatic hydroxyl groups is 1. The van der Waals surface area contributed by atoms with Crippen LogP contribution in [0.3, 0.4) is 0 Å². The van der Waals surface area contributed by atoms with E-state index in [2.05, 4.69) is 18.2 Å². The number of ether oxygens (including phenoxy) is 1. The molecule has 2 N–H and O–H groups in total. The summed E-state index contributed by atoms with van der Waals surface area (Å²) < 4.78 is 5.92. The van der Waals surface area contributed by atoms with Crippen molar-refractivity contribution in [3.05, 3.63) is 0 Å². The van der Waals surface area contributed by atoms with Crippen molar-refractivity contribution in [1.29, 1.82) is 0 Å². The Labute approximate surface area is 128 Å². The van der Waals surface area contributed by atoms with Crippen LogP contribution < -0.4 is 5.32 Å². The lowest BCUT2D eigenvalue weighted by molar-refractivity contribution is -0.0497. The highest BCUT2D eigenvalue weighted by molar-refractivity contribution is 7.99. The summed E-state index contributed by atoms with van der Waals surface area (Å²) in [7, 11) is 0. The van der Waals surface area contributed by atoms with E-state index in [1.54, 1.807) is 11.8 Å². The minimum Gasteiger partial charge on any atom is -0.389 e. The number of nitrogens with one attached hydrogen (secondary N) is 1. The molecule has 0 aromatic heterocycles. The van der Waals surface area contributed by atoms with Crippen LogP contribution in [0.5, 0.6) is 0 Å². The summed E-state index contributed by atoms with van der Waals surface area (Å²) in [4.78, 5) is 0. The van der Waals surface area contributed by atoms with Crippen molar-refractivity contribution in [2.24, 2.45) is 5.92 Å². The monoisotopic (exact) mass is 299 g/mol. The number of rotatable bonds is 10. The van der Waals surface area contributed by atoms with Gasteiger partial charge in [0.15, 0.2) is 0 Å². The van der Waals surface area contributed by atoms with Gasteiger partial charge in [-0.05, 0) is 18.8 Å². The van der Waals surface area contributed by atoms with Crippen LogP contribution in [0, 0.1) is 18.3 Å². The van der Waals surface area contributed by atoms with Crippen molar-refractivity contribution in [3.8, 4) is 12.3 Å². The first-order valence-electron chi connectivity index (χ1n) is 7.79. The van der Waals surface area contributed by atoms with Crippen LogP contribution in [0.25, 0.3) is 0 Å². The molecule has 1 rings (SSSR count). The first-order chi connectivity index (χ1) is 9.77. The van der Waals surface area contributed by atoms with Crippen LogP contribution in [0.15, 0.2) is 0 Å². The summed E-state index contributed by atoms with van der Waals surface area (Å²) in [6.45, 7) is 4.16. The maximum atomic E-state index is 9.91. The van der Waals surface area contributed by atoms with E-state index in [1.165, 1.54) is 25.7 Å². The molecule has 1 fully saturated rings. The van der Waals surface area contributed by atoms with Gasteiger partial charge in [-0.2, -0.15) is 0 Å². The third kappa shape index (κ3) is 7.54. The van der Waals surface area contributed by atoms with Gasteiger partial charge in [-0.1, -0.05) is 32.1 Å². The van der Waals surface area contributed by atoms with Gasteiger partial charge in [0.05, 0.1) is 24.6 Å². The van der Waals surface area contributed by atoms with Crippen molar-refractivity contribution < 1.29 is 9.84 Å². The van der Waals surface area contributed by atoms with E-state index >= 15 is 0 Å². The number of thioether (sulfide) groups is 1. The highest BCUT2D eigenvalue weighted by Crippen LogP contribution is 2.29. The van der Waals surface area contributed by atoms with Gasteiger partial charge in [0.25, 0.3) is 0 Å². The molecule has 3 atom stereocenters. The van der Waals surface area contributed by atoms with E-state index in [-0.39, 0.29) is 0 Å². The Hall–Kier alpha value is -0.210. The largest absolute Gasteiger partial charge is 0.389 e. The van der Waals surface area contributed by atoms with Crippen LogP contribution in [0.2, 0.25) is 0 Å². The third-order valence-electron chi connectivity index (χ3n) is 3.85. The fraction of sp³-hybridized carbons (Fsp3) is 0.875. The van der Waals surface area contributed by atoms with E-state index in [9.17, 15) is 5.11 Å². The van der Waals surface area contributed by atoms with Gasteiger partial charge in [0.1, 0.15) is 0 Å². The highest BCUT2D eigenvalue weighted by Gasteiger charge is 2.24. The van der Waals surface area contributed by atoms with Crippen LogP contribution in [0.4, 0.5) is 0 Å². The maximum Gasteiger partial charge on any atom is 0.0897 e. The summed E-state index contributed by atoms with van der Waals surface area (Å²) in [6, 6.07) is 0. The lowest BCUT2D eigenvalue weighted by Gasteiger charge is -2.31. The van der Waals surface area contributed by atoms with Gasteiger partial charge in [-0.25, -0.2) is 0 Å². The van der Waals surface area contributed by atoms with E-state index in [0.717, 1.165) is 24.5 Å². The predicted molar refractivity (Wildman–Crippen MR) is 87.0 cm³/mol. The molecule has 1 aliphatic rings. The third-order valence-corrected chi connectivity index (χ3v) is 4.72. The molecular weight excluding hydrogens is 270 g/mol. The molecule has 20 heavy (non-hydrogen) atoms. The Bertz CT molecular complexity index is 280. The summed E-state index contributed by atoms with van der Waals surface area (Å²) >= 11 is 1.73. The molecule has 0 radical (unpaired) electrons. The van der Waals surface area contributed by atoms with Gasteiger partial charge >= 0.3 is 0 Å². The lowest BCUT2D eigenvalue weighted by atomic mass is 9.85. The topological polar surface area (TPSA) is 41.5 Å². The Morgan fingerprint density at radius 3 is 3.00 bits per heavy atom. The van der Waals surface area contributed by atoms with Crippen molar-refractivity contribution >= 4 is 11.8 Å². The smallest absolute Gasteiger partial charge is 0.0897 e. The molecular formula is C16H29NO2S. The number of aliphatic hydroxyl groups excluding tert-OH is 1. The van der Waals surface area contributed by atoms with Crippen LogP contribution >= 0.6 is 11.8 Å². The second-order valence-corrected chi connectivity index (χ2v) is 6.54.